The fourth-order valence-electron chi connectivity index (χ4n) is 3.02. The normalized spacial score (nSPS) is 16.6. The molecule has 5 nitrogen and oxygen atoms in total. The first-order valence-corrected chi connectivity index (χ1v) is 7.75. The molecule has 0 N–H and O–H groups in total. The van der Waals surface area contributed by atoms with E-state index in [1.54, 1.807) is 18.7 Å². The molecule has 22 heavy (non-hydrogen) atoms. The van der Waals surface area contributed by atoms with Crippen molar-refractivity contribution in [1.29, 1.82) is 0 Å². The van der Waals surface area contributed by atoms with Crippen LogP contribution < -0.4 is 0 Å². The molecule has 1 aromatic heterocycles. The van der Waals surface area contributed by atoms with Crippen LogP contribution in [0.25, 0.3) is 0 Å². The lowest BCUT2D eigenvalue weighted by molar-refractivity contribution is 0.132. The molecule has 0 atom stereocenters. The fraction of sp³-hybridized carbons (Fsp3) is 0.412. The predicted octanol–water partition coefficient (Wildman–Crippen LogP) is 2.45. The minimum absolute atomic E-state index is 0.000917. The molecular weight excluding hydrogens is 276 g/mol. The largest absolute Gasteiger partial charge is 0.329 e. The van der Waals surface area contributed by atoms with Crippen molar-refractivity contribution in [2.24, 2.45) is 0 Å². The monoisotopic (exact) mass is 298 g/mol. The van der Waals surface area contributed by atoms with Crippen LogP contribution in [0.4, 0.5) is 4.79 Å². The second-order valence-corrected chi connectivity index (χ2v) is 5.86. The number of imidazole rings is 1. The van der Waals surface area contributed by atoms with Gasteiger partial charge in [0.25, 0.3) is 0 Å². The Labute approximate surface area is 131 Å². The van der Waals surface area contributed by atoms with Crippen LogP contribution in [0.2, 0.25) is 0 Å². The Balaban J connectivity index is 1.52. The summed E-state index contributed by atoms with van der Waals surface area (Å²) in [6, 6.07) is 10.9. The third kappa shape index (κ3) is 3.36. The third-order valence-corrected chi connectivity index (χ3v) is 4.38. The standard InChI is InChI=1S/C17H22N4O/c1-19(17(22)21-12-9-18-14-21)16-7-10-20(11-8-16)13-15-5-3-2-4-6-15/h2-6,9,12,14,16H,7-8,10-11,13H2,1H3. The highest BCUT2D eigenvalue weighted by atomic mass is 16.2. The molecule has 1 saturated heterocycles. The zero-order valence-electron chi connectivity index (χ0n) is 12.9. The topological polar surface area (TPSA) is 41.4 Å². The number of carbonyl (C=O) groups excluding carboxylic acids is 1. The maximum atomic E-state index is 12.3. The first-order chi connectivity index (χ1) is 10.7. The number of rotatable bonds is 3. The lowest BCUT2D eigenvalue weighted by Crippen LogP contribution is -2.46. The van der Waals surface area contributed by atoms with Crippen molar-refractivity contribution in [3.05, 3.63) is 54.6 Å². The van der Waals surface area contributed by atoms with E-state index in [1.165, 1.54) is 10.1 Å². The van der Waals surface area contributed by atoms with E-state index in [4.69, 9.17) is 0 Å². The average Bonchev–Trinajstić information content (AvgIpc) is 3.10. The van der Waals surface area contributed by atoms with Gasteiger partial charge in [-0.3, -0.25) is 9.47 Å². The molecule has 0 bridgehead atoms. The minimum atomic E-state index is -0.000917. The van der Waals surface area contributed by atoms with Crippen LogP contribution in [0, 0.1) is 0 Å². The highest BCUT2D eigenvalue weighted by Gasteiger charge is 2.25. The summed E-state index contributed by atoms with van der Waals surface area (Å²) in [6.45, 7) is 3.05. The average molecular weight is 298 g/mol. The van der Waals surface area contributed by atoms with Gasteiger partial charge in [0.1, 0.15) is 6.33 Å². The number of likely N-dealkylation sites (tertiary alicyclic amines) is 1. The van der Waals surface area contributed by atoms with Crippen molar-refractivity contribution in [1.82, 2.24) is 19.4 Å². The molecule has 0 saturated carbocycles. The van der Waals surface area contributed by atoms with E-state index < -0.39 is 0 Å². The van der Waals surface area contributed by atoms with Gasteiger partial charge in [-0.1, -0.05) is 30.3 Å². The molecular formula is C17H22N4O. The summed E-state index contributed by atoms with van der Waals surface area (Å²) in [5, 5.41) is 0. The lowest BCUT2D eigenvalue weighted by atomic mass is 10.0. The Morgan fingerprint density at radius 2 is 2.00 bits per heavy atom. The van der Waals surface area contributed by atoms with E-state index >= 15 is 0 Å². The van der Waals surface area contributed by atoms with Gasteiger partial charge in [0.15, 0.2) is 0 Å². The molecule has 0 unspecified atom stereocenters. The first kappa shape index (κ1) is 14.8. The van der Waals surface area contributed by atoms with Gasteiger partial charge in [-0.25, -0.2) is 9.78 Å². The summed E-state index contributed by atoms with van der Waals surface area (Å²) < 4.78 is 1.54. The summed E-state index contributed by atoms with van der Waals surface area (Å²) in [7, 11) is 1.89. The molecule has 1 aromatic carbocycles. The van der Waals surface area contributed by atoms with Gasteiger partial charge in [-0.2, -0.15) is 0 Å². The number of carbonyl (C=O) groups is 1. The molecule has 0 spiro atoms. The molecule has 3 rings (SSSR count). The van der Waals surface area contributed by atoms with Crippen molar-refractivity contribution in [3.8, 4) is 0 Å². The summed E-state index contributed by atoms with van der Waals surface area (Å²) in [4.78, 5) is 20.6. The number of nitrogens with zero attached hydrogens (tertiary/aromatic N) is 4. The zero-order chi connectivity index (χ0) is 15.4. The number of aromatic nitrogens is 2. The summed E-state index contributed by atoms with van der Waals surface area (Å²) in [5.74, 6) is 0. The molecule has 2 heterocycles. The van der Waals surface area contributed by atoms with Gasteiger partial charge in [0.05, 0.1) is 0 Å². The van der Waals surface area contributed by atoms with Crippen LogP contribution in [-0.4, -0.2) is 51.6 Å². The van der Waals surface area contributed by atoms with E-state index in [-0.39, 0.29) is 6.03 Å². The van der Waals surface area contributed by atoms with Crippen LogP contribution >= 0.6 is 0 Å². The Kier molecular flexibility index (Phi) is 4.53. The van der Waals surface area contributed by atoms with Crippen molar-refractivity contribution in [2.45, 2.75) is 25.4 Å². The Bertz CT molecular complexity index is 588. The Morgan fingerprint density at radius 1 is 1.27 bits per heavy atom. The smallest absolute Gasteiger partial charge is 0.324 e. The first-order valence-electron chi connectivity index (χ1n) is 7.75. The number of piperidine rings is 1. The van der Waals surface area contributed by atoms with E-state index in [0.29, 0.717) is 6.04 Å². The molecule has 116 valence electrons. The summed E-state index contributed by atoms with van der Waals surface area (Å²) in [6.07, 6.45) is 6.93. The lowest BCUT2D eigenvalue weighted by Gasteiger charge is -2.36. The van der Waals surface area contributed by atoms with Crippen molar-refractivity contribution in [3.63, 3.8) is 0 Å². The maximum absolute atomic E-state index is 12.3. The predicted molar refractivity (Wildman–Crippen MR) is 85.5 cm³/mol. The molecule has 0 radical (unpaired) electrons. The summed E-state index contributed by atoms with van der Waals surface area (Å²) >= 11 is 0. The van der Waals surface area contributed by atoms with Crippen molar-refractivity contribution in [2.75, 3.05) is 20.1 Å². The Morgan fingerprint density at radius 3 is 2.64 bits per heavy atom. The fourth-order valence-corrected chi connectivity index (χ4v) is 3.02. The van der Waals surface area contributed by atoms with Gasteiger partial charge in [-0.05, 0) is 18.4 Å². The van der Waals surface area contributed by atoms with E-state index in [9.17, 15) is 4.79 Å². The number of benzene rings is 1. The number of hydrogen-bond donors (Lipinski definition) is 0. The number of hydrogen-bond acceptors (Lipinski definition) is 3. The second-order valence-electron chi connectivity index (χ2n) is 5.86. The molecule has 1 fully saturated rings. The van der Waals surface area contributed by atoms with Gasteiger partial charge >= 0.3 is 6.03 Å². The highest BCUT2D eigenvalue weighted by Crippen LogP contribution is 2.18. The SMILES string of the molecule is CN(C(=O)n1ccnc1)C1CCN(Cc2ccccc2)CC1. The maximum Gasteiger partial charge on any atom is 0.329 e. The van der Waals surface area contributed by atoms with Gasteiger partial charge in [0, 0.05) is 45.1 Å². The van der Waals surface area contributed by atoms with Crippen LogP contribution in [0.5, 0.6) is 0 Å². The third-order valence-electron chi connectivity index (χ3n) is 4.38. The van der Waals surface area contributed by atoms with Crippen LogP contribution in [0.15, 0.2) is 49.1 Å². The van der Waals surface area contributed by atoms with Gasteiger partial charge < -0.3 is 4.90 Å². The molecule has 0 aliphatic carbocycles. The van der Waals surface area contributed by atoms with Gasteiger partial charge in [0.2, 0.25) is 0 Å². The van der Waals surface area contributed by atoms with Crippen LogP contribution in [0.1, 0.15) is 18.4 Å². The zero-order valence-corrected chi connectivity index (χ0v) is 12.9. The molecule has 2 aromatic rings. The van der Waals surface area contributed by atoms with E-state index in [1.807, 2.05) is 18.0 Å². The number of amides is 1. The minimum Gasteiger partial charge on any atom is -0.324 e. The van der Waals surface area contributed by atoms with Gasteiger partial charge in [-0.15, -0.1) is 0 Å². The quantitative estimate of drug-likeness (QED) is 0.874. The summed E-state index contributed by atoms with van der Waals surface area (Å²) in [5.41, 5.74) is 1.35. The van der Waals surface area contributed by atoms with Crippen molar-refractivity contribution < 1.29 is 4.79 Å². The molecule has 5 heteroatoms. The Hall–Kier alpha value is -2.14. The second kappa shape index (κ2) is 6.75. The van der Waals surface area contributed by atoms with Crippen molar-refractivity contribution >= 4 is 6.03 Å². The highest BCUT2D eigenvalue weighted by molar-refractivity contribution is 5.76. The molecule has 1 aliphatic rings. The van der Waals surface area contributed by atoms with E-state index in [2.05, 4.69) is 34.1 Å². The molecule has 1 amide bonds. The van der Waals surface area contributed by atoms with Crippen LogP contribution in [0.3, 0.4) is 0 Å². The molecule has 1 aliphatic heterocycles. The van der Waals surface area contributed by atoms with E-state index in [0.717, 1.165) is 32.5 Å². The van der Waals surface area contributed by atoms with Crippen LogP contribution in [-0.2, 0) is 6.54 Å².